The number of hydrogen-bond acceptors (Lipinski definition) is 5. The molecule has 0 bridgehead atoms. The van der Waals surface area contributed by atoms with Crippen molar-refractivity contribution in [3.63, 3.8) is 0 Å². The molecule has 0 saturated heterocycles. The highest BCUT2D eigenvalue weighted by atomic mass is 32.2. The zero-order valence-corrected chi connectivity index (χ0v) is 16.4. The highest BCUT2D eigenvalue weighted by Gasteiger charge is 2.30. The number of hydrogen-bond donors (Lipinski definition) is 2. The second kappa shape index (κ2) is 8.79. The minimum Gasteiger partial charge on any atom is -0.497 e. The first-order valence-electron chi connectivity index (χ1n) is 8.70. The van der Waals surface area contributed by atoms with E-state index in [4.69, 9.17) is 4.74 Å². The van der Waals surface area contributed by atoms with Crippen molar-refractivity contribution < 1.29 is 19.1 Å². The molecule has 1 heterocycles. The molecule has 1 aliphatic rings. The minimum atomic E-state index is -0.519. The molecule has 1 aliphatic heterocycles. The lowest BCUT2D eigenvalue weighted by Gasteiger charge is -2.25. The molecular formula is C20H21N3O4S. The van der Waals surface area contributed by atoms with Gasteiger partial charge < -0.3 is 20.3 Å². The molecule has 2 aromatic carbocycles. The Morgan fingerprint density at radius 3 is 2.61 bits per heavy atom. The fourth-order valence-corrected chi connectivity index (χ4v) is 3.82. The van der Waals surface area contributed by atoms with Crippen LogP contribution in [-0.4, -0.2) is 48.6 Å². The van der Waals surface area contributed by atoms with Crippen molar-refractivity contribution in [3.8, 4) is 5.75 Å². The number of ether oxygens (including phenoxy) is 1. The van der Waals surface area contributed by atoms with E-state index in [1.165, 1.54) is 16.7 Å². The Labute approximate surface area is 167 Å². The van der Waals surface area contributed by atoms with Gasteiger partial charge in [-0.2, -0.15) is 0 Å². The van der Waals surface area contributed by atoms with Gasteiger partial charge in [-0.3, -0.25) is 14.4 Å². The van der Waals surface area contributed by atoms with Gasteiger partial charge in [-0.25, -0.2) is 0 Å². The van der Waals surface area contributed by atoms with Gasteiger partial charge in [0, 0.05) is 24.1 Å². The third-order valence-electron chi connectivity index (χ3n) is 4.25. The van der Waals surface area contributed by atoms with Gasteiger partial charge in [-0.1, -0.05) is 12.1 Å². The van der Waals surface area contributed by atoms with Crippen LogP contribution in [0.3, 0.4) is 0 Å². The number of likely N-dealkylation sites (N-methyl/N-ethyl adjacent to an activating group) is 1. The highest BCUT2D eigenvalue weighted by molar-refractivity contribution is 8.01. The number of carbonyl (C=O) groups excluding carboxylic acids is 3. The van der Waals surface area contributed by atoms with Crippen LogP contribution in [0.4, 0.5) is 11.4 Å². The normalized spacial score (nSPS) is 15.2. The number of benzene rings is 2. The van der Waals surface area contributed by atoms with Crippen molar-refractivity contribution in [3.05, 3.63) is 48.5 Å². The summed E-state index contributed by atoms with van der Waals surface area (Å²) < 4.78 is 5.07. The van der Waals surface area contributed by atoms with Gasteiger partial charge in [0.15, 0.2) is 0 Å². The average Bonchev–Trinajstić information content (AvgIpc) is 2.69. The Morgan fingerprint density at radius 1 is 1.18 bits per heavy atom. The summed E-state index contributed by atoms with van der Waals surface area (Å²) in [5, 5.41) is 5.03. The first-order valence-corrected chi connectivity index (χ1v) is 9.58. The SMILES string of the molecule is COc1ccc(NC(=O)CN(C)C(=O)C[C@@H]2Sc3ccccc3NC2=O)cc1. The van der Waals surface area contributed by atoms with Crippen LogP contribution in [-0.2, 0) is 14.4 Å². The van der Waals surface area contributed by atoms with Crippen LogP contribution in [0.15, 0.2) is 53.4 Å². The molecule has 8 heteroatoms. The van der Waals surface area contributed by atoms with E-state index in [1.54, 1.807) is 38.4 Å². The third kappa shape index (κ3) is 4.83. The molecule has 0 spiro atoms. The summed E-state index contributed by atoms with van der Waals surface area (Å²) in [7, 11) is 3.12. The van der Waals surface area contributed by atoms with Crippen LogP contribution in [0.25, 0.3) is 0 Å². The predicted molar refractivity (Wildman–Crippen MR) is 109 cm³/mol. The Balaban J connectivity index is 1.52. The Morgan fingerprint density at radius 2 is 1.89 bits per heavy atom. The van der Waals surface area contributed by atoms with E-state index in [-0.39, 0.29) is 30.7 Å². The summed E-state index contributed by atoms with van der Waals surface area (Å²) in [5.74, 6) is -0.0905. The van der Waals surface area contributed by atoms with Crippen molar-refractivity contribution >= 4 is 40.9 Å². The van der Waals surface area contributed by atoms with Gasteiger partial charge in [0.05, 0.1) is 24.6 Å². The number of anilines is 2. The number of carbonyl (C=O) groups is 3. The quantitative estimate of drug-likeness (QED) is 0.780. The van der Waals surface area contributed by atoms with Crippen molar-refractivity contribution in [1.82, 2.24) is 4.90 Å². The van der Waals surface area contributed by atoms with E-state index in [1.807, 2.05) is 24.3 Å². The Hall–Kier alpha value is -3.00. The Bertz CT molecular complexity index is 885. The maximum absolute atomic E-state index is 12.5. The summed E-state index contributed by atoms with van der Waals surface area (Å²) in [5.41, 5.74) is 1.37. The maximum Gasteiger partial charge on any atom is 0.243 e. The van der Waals surface area contributed by atoms with Crippen molar-refractivity contribution in [1.29, 1.82) is 0 Å². The van der Waals surface area contributed by atoms with Crippen molar-refractivity contribution in [2.45, 2.75) is 16.6 Å². The molecule has 2 aromatic rings. The molecule has 3 amide bonds. The molecule has 1 atom stereocenters. The van der Waals surface area contributed by atoms with E-state index >= 15 is 0 Å². The first-order chi connectivity index (χ1) is 13.5. The van der Waals surface area contributed by atoms with Crippen LogP contribution in [0, 0.1) is 0 Å². The minimum absolute atomic E-state index is 0.0250. The highest BCUT2D eigenvalue weighted by Crippen LogP contribution is 2.36. The lowest BCUT2D eigenvalue weighted by molar-refractivity contribution is -0.134. The summed E-state index contributed by atoms with van der Waals surface area (Å²) in [6, 6.07) is 14.4. The third-order valence-corrected chi connectivity index (χ3v) is 5.52. The van der Waals surface area contributed by atoms with Crippen LogP contribution < -0.4 is 15.4 Å². The van der Waals surface area contributed by atoms with Crippen LogP contribution >= 0.6 is 11.8 Å². The maximum atomic E-state index is 12.5. The largest absolute Gasteiger partial charge is 0.497 e. The van der Waals surface area contributed by atoms with E-state index in [0.29, 0.717) is 11.4 Å². The molecule has 0 unspecified atom stereocenters. The predicted octanol–water partition coefficient (Wildman–Crippen LogP) is 2.60. The topological polar surface area (TPSA) is 87.7 Å². The standard InChI is InChI=1S/C20H21N3O4S/c1-23(12-18(24)21-13-7-9-14(27-2)10-8-13)19(25)11-17-20(26)22-15-5-3-4-6-16(15)28-17/h3-10,17H,11-12H2,1-2H3,(H,21,24)(H,22,26)/t17-/m0/s1. The number of amides is 3. The van der Waals surface area contributed by atoms with Gasteiger partial charge in [-0.15, -0.1) is 11.8 Å². The molecule has 0 saturated carbocycles. The van der Waals surface area contributed by atoms with Crippen molar-refractivity contribution in [2.24, 2.45) is 0 Å². The number of rotatable bonds is 6. The van der Waals surface area contributed by atoms with Gasteiger partial charge in [-0.05, 0) is 36.4 Å². The lowest BCUT2D eigenvalue weighted by Crippen LogP contribution is -2.39. The van der Waals surface area contributed by atoms with E-state index in [9.17, 15) is 14.4 Å². The van der Waals surface area contributed by atoms with E-state index < -0.39 is 5.25 Å². The monoisotopic (exact) mass is 399 g/mol. The van der Waals surface area contributed by atoms with Gasteiger partial charge in [0.1, 0.15) is 5.75 Å². The molecule has 0 aromatic heterocycles. The molecule has 0 radical (unpaired) electrons. The molecule has 28 heavy (non-hydrogen) atoms. The fraction of sp³-hybridized carbons (Fsp3) is 0.250. The van der Waals surface area contributed by atoms with Crippen LogP contribution in [0.1, 0.15) is 6.42 Å². The van der Waals surface area contributed by atoms with E-state index in [2.05, 4.69) is 10.6 Å². The van der Waals surface area contributed by atoms with Crippen LogP contribution in [0.5, 0.6) is 5.75 Å². The lowest BCUT2D eigenvalue weighted by atomic mass is 10.2. The molecule has 0 aliphatic carbocycles. The van der Waals surface area contributed by atoms with Gasteiger partial charge in [0.25, 0.3) is 0 Å². The second-order valence-electron chi connectivity index (χ2n) is 6.32. The molecular weight excluding hydrogens is 378 g/mol. The second-order valence-corrected chi connectivity index (χ2v) is 7.57. The Kier molecular flexibility index (Phi) is 6.20. The summed E-state index contributed by atoms with van der Waals surface area (Å²) in [4.78, 5) is 39.2. The number of nitrogens with zero attached hydrogens (tertiary/aromatic N) is 1. The number of methoxy groups -OCH3 is 1. The summed E-state index contributed by atoms with van der Waals surface area (Å²) in [6.45, 7) is -0.0968. The van der Waals surface area contributed by atoms with Gasteiger partial charge >= 0.3 is 0 Å². The molecule has 2 N–H and O–H groups in total. The summed E-state index contributed by atoms with van der Waals surface area (Å²) >= 11 is 1.36. The molecule has 0 fully saturated rings. The molecule has 7 nitrogen and oxygen atoms in total. The van der Waals surface area contributed by atoms with Crippen molar-refractivity contribution in [2.75, 3.05) is 31.3 Å². The molecule has 146 valence electrons. The van der Waals surface area contributed by atoms with Gasteiger partial charge in [0.2, 0.25) is 17.7 Å². The zero-order valence-electron chi connectivity index (χ0n) is 15.6. The number of para-hydroxylation sites is 1. The zero-order chi connectivity index (χ0) is 20.1. The molecule has 3 rings (SSSR count). The average molecular weight is 399 g/mol. The number of thioether (sulfide) groups is 1. The number of nitrogens with one attached hydrogen (secondary N) is 2. The smallest absolute Gasteiger partial charge is 0.243 e. The summed E-state index contributed by atoms with van der Waals surface area (Å²) in [6.07, 6.45) is 0.0250. The van der Waals surface area contributed by atoms with E-state index in [0.717, 1.165) is 10.6 Å². The number of fused-ring (bicyclic) bond motifs is 1. The first kappa shape index (κ1) is 19.8. The fourth-order valence-electron chi connectivity index (χ4n) is 2.72. The van der Waals surface area contributed by atoms with Crippen LogP contribution in [0.2, 0.25) is 0 Å².